The first-order valence-corrected chi connectivity index (χ1v) is 10.8. The van der Waals surface area contributed by atoms with E-state index >= 15 is 0 Å². The largest absolute Gasteiger partial charge is 0.245 e. The summed E-state index contributed by atoms with van der Waals surface area (Å²) < 4.78 is 2.02. The molecular formula is C25H27N7. The highest BCUT2D eigenvalue weighted by molar-refractivity contribution is 5.55. The number of aromatic amines is 1. The van der Waals surface area contributed by atoms with Gasteiger partial charge in [0.1, 0.15) is 5.82 Å². The van der Waals surface area contributed by atoms with Gasteiger partial charge >= 0.3 is 0 Å². The summed E-state index contributed by atoms with van der Waals surface area (Å²) in [6.07, 6.45) is 10.7. The molecule has 0 atom stereocenters. The lowest BCUT2D eigenvalue weighted by atomic mass is 10.0. The molecule has 2 aromatic heterocycles. The van der Waals surface area contributed by atoms with Crippen LogP contribution in [0.5, 0.6) is 0 Å². The van der Waals surface area contributed by atoms with Crippen LogP contribution in [-0.4, -0.2) is 35.4 Å². The Balaban J connectivity index is 1.46. The van der Waals surface area contributed by atoms with Crippen LogP contribution in [0, 0.1) is 0 Å². The maximum atomic E-state index is 4.72. The average molecular weight is 426 g/mol. The van der Waals surface area contributed by atoms with Gasteiger partial charge in [0.25, 0.3) is 0 Å². The van der Waals surface area contributed by atoms with E-state index in [0.717, 1.165) is 36.5 Å². The summed E-state index contributed by atoms with van der Waals surface area (Å²) in [6.45, 7) is 4.75. The fraction of sp³-hybridized carbons (Fsp3) is 0.240. The number of benzene rings is 2. The van der Waals surface area contributed by atoms with E-state index < -0.39 is 0 Å². The van der Waals surface area contributed by atoms with Crippen molar-refractivity contribution in [2.45, 2.75) is 39.7 Å². The van der Waals surface area contributed by atoms with Crippen molar-refractivity contribution in [3.63, 3.8) is 0 Å². The zero-order chi connectivity index (χ0) is 22.2. The molecule has 2 aromatic carbocycles. The van der Waals surface area contributed by atoms with Gasteiger partial charge < -0.3 is 0 Å². The smallest absolute Gasteiger partial charge is 0.179 e. The molecule has 32 heavy (non-hydrogen) atoms. The van der Waals surface area contributed by atoms with Gasteiger partial charge in [-0.1, -0.05) is 66.8 Å². The lowest BCUT2D eigenvalue weighted by molar-refractivity contribution is 0.644. The molecule has 0 bridgehead atoms. The molecule has 0 spiro atoms. The van der Waals surface area contributed by atoms with Gasteiger partial charge in [0.05, 0.1) is 6.54 Å². The first-order valence-electron chi connectivity index (χ1n) is 10.8. The first-order chi connectivity index (χ1) is 15.7. The van der Waals surface area contributed by atoms with E-state index in [0.29, 0.717) is 12.4 Å². The van der Waals surface area contributed by atoms with Gasteiger partial charge in [0.15, 0.2) is 11.6 Å². The number of aromatic nitrogens is 7. The second-order valence-corrected chi connectivity index (χ2v) is 7.59. The molecule has 2 heterocycles. The Hall–Kier alpha value is -3.87. The van der Waals surface area contributed by atoms with Crippen molar-refractivity contribution in [3.8, 4) is 11.4 Å². The highest BCUT2D eigenvalue weighted by Gasteiger charge is 2.09. The number of H-pyrrole nitrogens is 1. The lowest BCUT2D eigenvalue weighted by Crippen LogP contribution is -2.07. The molecule has 0 radical (unpaired) electrons. The van der Waals surface area contributed by atoms with Gasteiger partial charge in [-0.15, -0.1) is 5.10 Å². The van der Waals surface area contributed by atoms with Crippen molar-refractivity contribution in [1.29, 1.82) is 0 Å². The highest BCUT2D eigenvalue weighted by Crippen LogP contribution is 2.18. The van der Waals surface area contributed by atoms with Crippen molar-refractivity contribution in [1.82, 2.24) is 35.4 Å². The van der Waals surface area contributed by atoms with E-state index in [9.17, 15) is 0 Å². The minimum Gasteiger partial charge on any atom is -0.245 e. The second-order valence-electron chi connectivity index (χ2n) is 7.59. The lowest BCUT2D eigenvalue weighted by Gasteiger charge is -2.07. The van der Waals surface area contributed by atoms with Gasteiger partial charge in [0.2, 0.25) is 0 Å². The summed E-state index contributed by atoms with van der Waals surface area (Å²) in [5, 5.41) is 18.8. The average Bonchev–Trinajstić information content (AvgIpc) is 3.48. The fourth-order valence-electron chi connectivity index (χ4n) is 3.52. The summed E-state index contributed by atoms with van der Waals surface area (Å²) in [4.78, 5) is 4.72. The molecule has 1 N–H and O–H groups in total. The fourth-order valence-corrected chi connectivity index (χ4v) is 3.52. The number of allylic oxidation sites excluding steroid dienone is 4. The number of hydrogen-bond donors (Lipinski definition) is 1. The number of tetrazole rings is 1. The summed E-state index contributed by atoms with van der Waals surface area (Å²) in [6, 6.07) is 17.0. The molecule has 0 saturated carbocycles. The zero-order valence-electron chi connectivity index (χ0n) is 18.4. The van der Waals surface area contributed by atoms with E-state index in [1.807, 2.05) is 42.8 Å². The Labute approximate surface area is 187 Å². The quantitative estimate of drug-likeness (QED) is 0.403. The Morgan fingerprint density at radius 3 is 2.44 bits per heavy atom. The van der Waals surface area contributed by atoms with Crippen LogP contribution in [0.1, 0.15) is 42.2 Å². The highest BCUT2D eigenvalue weighted by atomic mass is 15.5. The minimum atomic E-state index is 0.678. The molecule has 7 heteroatoms. The second kappa shape index (κ2) is 10.4. The van der Waals surface area contributed by atoms with Crippen LogP contribution in [0.4, 0.5) is 0 Å². The molecule has 0 unspecified atom stereocenters. The van der Waals surface area contributed by atoms with E-state index in [1.165, 1.54) is 16.7 Å². The molecule has 0 fully saturated rings. The van der Waals surface area contributed by atoms with Crippen LogP contribution in [0.2, 0.25) is 0 Å². The zero-order valence-corrected chi connectivity index (χ0v) is 18.4. The Morgan fingerprint density at radius 1 is 0.906 bits per heavy atom. The maximum Gasteiger partial charge on any atom is 0.179 e. The van der Waals surface area contributed by atoms with E-state index in [4.69, 9.17) is 10.1 Å². The third-order valence-corrected chi connectivity index (χ3v) is 5.17. The standard InChI is InChI=1S/C25H27N7/c1-3-5-10-23-26-24(11-6-4-2)32(29-23)18-20-14-12-19(13-15-20)16-21-8-7-9-22(17-21)25-27-30-31-28-25/h3-9,12-15,17H,10-11,16,18H2,1-2H3,(H,27,28,30,31)/b5-3+,6-4+. The topological polar surface area (TPSA) is 85.2 Å². The van der Waals surface area contributed by atoms with Crippen molar-refractivity contribution in [3.05, 3.63) is 101 Å². The molecule has 4 aromatic rings. The SMILES string of the molecule is C/C=C/Cc1nc(C/C=C/C)n(Cc2ccc(Cc3cccc(-c4nnn[nH]4)c3)cc2)n1. The van der Waals surface area contributed by atoms with Gasteiger partial charge in [-0.05, 0) is 53.5 Å². The predicted octanol–water partition coefficient (Wildman–Crippen LogP) is 4.33. The normalized spacial score (nSPS) is 11.7. The van der Waals surface area contributed by atoms with Crippen molar-refractivity contribution in [2.75, 3.05) is 0 Å². The van der Waals surface area contributed by atoms with Crippen LogP contribution in [0.15, 0.2) is 72.8 Å². The molecule has 4 rings (SSSR count). The molecule has 0 aliphatic rings. The van der Waals surface area contributed by atoms with Gasteiger partial charge in [0, 0.05) is 18.4 Å². The Bertz CT molecular complexity index is 1190. The minimum absolute atomic E-state index is 0.678. The van der Waals surface area contributed by atoms with Crippen LogP contribution < -0.4 is 0 Å². The molecule has 0 aliphatic carbocycles. The first kappa shape index (κ1) is 21.4. The Kier molecular flexibility index (Phi) is 6.97. The van der Waals surface area contributed by atoms with Gasteiger partial charge in [-0.25, -0.2) is 14.8 Å². The summed E-state index contributed by atoms with van der Waals surface area (Å²) in [7, 11) is 0. The molecule has 162 valence electrons. The number of nitrogens with zero attached hydrogens (tertiary/aromatic N) is 6. The van der Waals surface area contributed by atoms with E-state index in [-0.39, 0.29) is 0 Å². The van der Waals surface area contributed by atoms with Crippen molar-refractivity contribution >= 4 is 0 Å². The summed E-state index contributed by atoms with van der Waals surface area (Å²) in [5.41, 5.74) is 4.66. The van der Waals surface area contributed by atoms with Gasteiger partial charge in [-0.3, -0.25) is 0 Å². The summed E-state index contributed by atoms with van der Waals surface area (Å²) in [5.74, 6) is 2.53. The van der Waals surface area contributed by atoms with E-state index in [1.54, 1.807) is 0 Å². The van der Waals surface area contributed by atoms with Crippen LogP contribution >= 0.6 is 0 Å². The third-order valence-electron chi connectivity index (χ3n) is 5.17. The molecule has 0 saturated heterocycles. The summed E-state index contributed by atoms with van der Waals surface area (Å²) >= 11 is 0. The van der Waals surface area contributed by atoms with E-state index in [2.05, 4.69) is 69.2 Å². The Morgan fingerprint density at radius 2 is 1.69 bits per heavy atom. The number of nitrogens with one attached hydrogen (secondary N) is 1. The molecular weight excluding hydrogens is 398 g/mol. The predicted molar refractivity (Wildman–Crippen MR) is 125 cm³/mol. The third kappa shape index (κ3) is 5.43. The van der Waals surface area contributed by atoms with Crippen LogP contribution in [-0.2, 0) is 25.8 Å². The molecule has 0 aliphatic heterocycles. The van der Waals surface area contributed by atoms with Crippen LogP contribution in [0.3, 0.4) is 0 Å². The number of hydrogen-bond acceptors (Lipinski definition) is 5. The molecule has 0 amide bonds. The number of rotatable bonds is 9. The van der Waals surface area contributed by atoms with Crippen LogP contribution in [0.25, 0.3) is 11.4 Å². The van der Waals surface area contributed by atoms with Gasteiger partial charge in [-0.2, -0.15) is 5.10 Å². The van der Waals surface area contributed by atoms with Crippen molar-refractivity contribution < 1.29 is 0 Å². The van der Waals surface area contributed by atoms with Crippen molar-refractivity contribution in [2.24, 2.45) is 0 Å². The maximum absolute atomic E-state index is 4.72. The molecule has 7 nitrogen and oxygen atoms in total. The monoisotopic (exact) mass is 425 g/mol.